The summed E-state index contributed by atoms with van der Waals surface area (Å²) in [4.78, 5) is 10.9. The second-order valence-electron chi connectivity index (χ2n) is 4.66. The number of anilines is 1. The number of aromatic nitrogens is 2. The number of nitrogens with two attached hydrogens (primary N) is 1. The minimum atomic E-state index is 0.468. The molecule has 7 heteroatoms. The number of piperidine rings is 1. The molecule has 106 valence electrons. The second-order valence-corrected chi connectivity index (χ2v) is 5.44. The molecular weight excluding hydrogens is 262 g/mol. The Morgan fingerprint density at radius 1 is 1.53 bits per heavy atom. The van der Waals surface area contributed by atoms with E-state index in [0.29, 0.717) is 29.5 Å². The van der Waals surface area contributed by atoms with Crippen LogP contribution < -0.4 is 16.0 Å². The smallest absolute Gasteiger partial charge is 0.219 e. The minimum absolute atomic E-state index is 0.468. The number of hydrazine groups is 1. The van der Waals surface area contributed by atoms with Crippen LogP contribution in [0.4, 0.5) is 5.82 Å². The van der Waals surface area contributed by atoms with Crippen LogP contribution in [0.1, 0.15) is 19.3 Å². The maximum absolute atomic E-state index is 5.80. The van der Waals surface area contributed by atoms with Crippen LogP contribution in [0.3, 0.4) is 0 Å². The number of nitrogens with one attached hydrogen (secondary N) is 1. The molecule has 2 heterocycles. The SMILES string of the molecule is CSc1nc(NN)cc(OCC2CCCCN2C)n1. The molecule has 1 aromatic heterocycles. The van der Waals surface area contributed by atoms with Crippen molar-refractivity contribution < 1.29 is 4.74 Å². The van der Waals surface area contributed by atoms with Crippen molar-refractivity contribution in [2.24, 2.45) is 5.84 Å². The first-order valence-electron chi connectivity index (χ1n) is 6.45. The van der Waals surface area contributed by atoms with E-state index in [-0.39, 0.29) is 0 Å². The van der Waals surface area contributed by atoms with Gasteiger partial charge in [0.1, 0.15) is 12.4 Å². The van der Waals surface area contributed by atoms with E-state index in [1.165, 1.54) is 31.0 Å². The molecule has 1 unspecified atom stereocenters. The summed E-state index contributed by atoms with van der Waals surface area (Å²) in [5.41, 5.74) is 2.53. The maximum atomic E-state index is 5.80. The lowest BCUT2D eigenvalue weighted by molar-refractivity contribution is 0.122. The van der Waals surface area contributed by atoms with Crippen molar-refractivity contribution in [3.05, 3.63) is 6.07 Å². The fourth-order valence-electron chi connectivity index (χ4n) is 2.18. The van der Waals surface area contributed by atoms with Gasteiger partial charge in [-0.2, -0.15) is 4.98 Å². The van der Waals surface area contributed by atoms with Gasteiger partial charge in [-0.25, -0.2) is 10.8 Å². The van der Waals surface area contributed by atoms with E-state index in [2.05, 4.69) is 27.3 Å². The average Bonchev–Trinajstić information content (AvgIpc) is 2.46. The molecule has 0 aliphatic carbocycles. The van der Waals surface area contributed by atoms with Gasteiger partial charge in [0.2, 0.25) is 5.88 Å². The van der Waals surface area contributed by atoms with Gasteiger partial charge in [-0.1, -0.05) is 18.2 Å². The monoisotopic (exact) mass is 283 g/mol. The second kappa shape index (κ2) is 6.93. The highest BCUT2D eigenvalue weighted by molar-refractivity contribution is 7.98. The van der Waals surface area contributed by atoms with E-state index >= 15 is 0 Å². The van der Waals surface area contributed by atoms with Crippen LogP contribution in [-0.4, -0.2) is 47.4 Å². The number of rotatable bonds is 5. The number of thioether (sulfide) groups is 1. The highest BCUT2D eigenvalue weighted by Crippen LogP contribution is 2.20. The fourth-order valence-corrected chi connectivity index (χ4v) is 2.55. The Morgan fingerprint density at radius 2 is 2.37 bits per heavy atom. The first kappa shape index (κ1) is 14.4. The van der Waals surface area contributed by atoms with E-state index in [4.69, 9.17) is 10.6 Å². The van der Waals surface area contributed by atoms with Crippen molar-refractivity contribution in [3.63, 3.8) is 0 Å². The third kappa shape index (κ3) is 3.95. The summed E-state index contributed by atoms with van der Waals surface area (Å²) in [5.74, 6) is 6.54. The lowest BCUT2D eigenvalue weighted by Gasteiger charge is -2.31. The summed E-state index contributed by atoms with van der Waals surface area (Å²) in [6, 6.07) is 2.19. The van der Waals surface area contributed by atoms with Crippen molar-refractivity contribution in [2.75, 3.05) is 31.9 Å². The van der Waals surface area contributed by atoms with Gasteiger partial charge in [-0.15, -0.1) is 0 Å². The number of hydrogen-bond acceptors (Lipinski definition) is 7. The largest absolute Gasteiger partial charge is 0.476 e. The standard InChI is InChI=1S/C12H21N5OS/c1-17-6-4-3-5-9(17)8-18-11-7-10(16-13)14-12(15-11)19-2/h7,9H,3-6,8,13H2,1-2H3,(H,14,15,16). The molecule has 1 saturated heterocycles. The molecule has 1 aliphatic rings. The van der Waals surface area contributed by atoms with Gasteiger partial charge >= 0.3 is 0 Å². The maximum Gasteiger partial charge on any atom is 0.219 e. The minimum Gasteiger partial charge on any atom is -0.476 e. The molecule has 0 aromatic carbocycles. The highest BCUT2D eigenvalue weighted by atomic mass is 32.2. The summed E-state index contributed by atoms with van der Waals surface area (Å²) >= 11 is 1.47. The van der Waals surface area contributed by atoms with Crippen LogP contribution in [0.15, 0.2) is 11.2 Å². The molecular formula is C12H21N5OS. The Bertz CT molecular complexity index is 395. The Hall–Kier alpha value is -1.05. The zero-order chi connectivity index (χ0) is 13.7. The van der Waals surface area contributed by atoms with E-state index in [9.17, 15) is 0 Å². The summed E-state index contributed by atoms with van der Waals surface area (Å²) in [6.07, 6.45) is 5.65. The summed E-state index contributed by atoms with van der Waals surface area (Å²) in [6.45, 7) is 1.80. The highest BCUT2D eigenvalue weighted by Gasteiger charge is 2.19. The van der Waals surface area contributed by atoms with E-state index < -0.39 is 0 Å². The quantitative estimate of drug-likeness (QED) is 0.365. The van der Waals surface area contributed by atoms with Gasteiger partial charge in [-0.3, -0.25) is 0 Å². The molecule has 0 spiro atoms. The molecule has 2 rings (SSSR count). The van der Waals surface area contributed by atoms with E-state index in [0.717, 1.165) is 6.54 Å². The first-order valence-corrected chi connectivity index (χ1v) is 7.68. The van der Waals surface area contributed by atoms with E-state index in [1.54, 1.807) is 6.07 Å². The van der Waals surface area contributed by atoms with Crippen molar-refractivity contribution in [2.45, 2.75) is 30.5 Å². The van der Waals surface area contributed by atoms with Crippen LogP contribution in [-0.2, 0) is 0 Å². The Morgan fingerprint density at radius 3 is 3.05 bits per heavy atom. The lowest BCUT2D eigenvalue weighted by Crippen LogP contribution is -2.40. The predicted octanol–water partition coefficient (Wildman–Crippen LogP) is 1.35. The first-order chi connectivity index (χ1) is 9.22. The van der Waals surface area contributed by atoms with Gasteiger partial charge in [0.05, 0.1) is 0 Å². The zero-order valence-corrected chi connectivity index (χ0v) is 12.2. The van der Waals surface area contributed by atoms with Gasteiger partial charge in [-0.05, 0) is 32.7 Å². The van der Waals surface area contributed by atoms with Crippen molar-refractivity contribution >= 4 is 17.6 Å². The molecule has 1 fully saturated rings. The number of likely N-dealkylation sites (N-methyl/N-ethyl adjacent to an activating group) is 1. The molecule has 1 aromatic rings. The molecule has 1 atom stereocenters. The predicted molar refractivity (Wildman–Crippen MR) is 77.4 cm³/mol. The summed E-state index contributed by atoms with van der Waals surface area (Å²) in [5, 5.41) is 0.655. The third-order valence-corrected chi connectivity index (χ3v) is 3.91. The normalized spacial score (nSPS) is 20.3. The Labute approximate surface area is 118 Å². The summed E-state index contributed by atoms with van der Waals surface area (Å²) < 4.78 is 5.80. The molecule has 0 radical (unpaired) electrons. The van der Waals surface area contributed by atoms with Crippen LogP contribution in [0, 0.1) is 0 Å². The number of hydrogen-bond donors (Lipinski definition) is 2. The van der Waals surface area contributed by atoms with Crippen molar-refractivity contribution in [1.29, 1.82) is 0 Å². The van der Waals surface area contributed by atoms with Crippen LogP contribution in [0.5, 0.6) is 5.88 Å². The van der Waals surface area contributed by atoms with Gasteiger partial charge in [0.25, 0.3) is 0 Å². The van der Waals surface area contributed by atoms with Crippen LogP contribution in [0.25, 0.3) is 0 Å². The zero-order valence-electron chi connectivity index (χ0n) is 11.4. The van der Waals surface area contributed by atoms with Crippen LogP contribution >= 0.6 is 11.8 Å². The third-order valence-electron chi connectivity index (χ3n) is 3.36. The molecule has 0 saturated carbocycles. The molecule has 0 bridgehead atoms. The van der Waals surface area contributed by atoms with E-state index in [1.807, 2.05) is 6.26 Å². The Kier molecular flexibility index (Phi) is 5.24. The van der Waals surface area contributed by atoms with Crippen molar-refractivity contribution in [1.82, 2.24) is 14.9 Å². The molecule has 3 N–H and O–H groups in total. The van der Waals surface area contributed by atoms with Crippen LogP contribution in [0.2, 0.25) is 0 Å². The number of nitrogen functional groups attached to an aromatic ring is 1. The molecule has 19 heavy (non-hydrogen) atoms. The average molecular weight is 283 g/mol. The molecule has 6 nitrogen and oxygen atoms in total. The van der Waals surface area contributed by atoms with Gasteiger partial charge < -0.3 is 15.1 Å². The molecule has 0 amide bonds. The topological polar surface area (TPSA) is 76.3 Å². The number of nitrogens with zero attached hydrogens (tertiary/aromatic N) is 3. The molecule has 1 aliphatic heterocycles. The van der Waals surface area contributed by atoms with Crippen molar-refractivity contribution in [3.8, 4) is 5.88 Å². The van der Waals surface area contributed by atoms with Gasteiger partial charge in [0, 0.05) is 12.1 Å². The number of ether oxygens (including phenoxy) is 1. The number of likely N-dealkylation sites (tertiary alicyclic amines) is 1. The summed E-state index contributed by atoms with van der Waals surface area (Å²) in [7, 11) is 2.15. The van der Waals surface area contributed by atoms with Gasteiger partial charge in [0.15, 0.2) is 5.16 Å². The Balaban J connectivity index is 1.98. The lowest BCUT2D eigenvalue weighted by atomic mass is 10.0. The fraction of sp³-hybridized carbons (Fsp3) is 0.667.